The molecule has 0 aliphatic carbocycles. The first kappa shape index (κ1) is 17.2. The SMILES string of the molecule is CCCOc1cccc(NCCOc2ccc(C(C)C)cc2)c1. The predicted molar refractivity (Wildman–Crippen MR) is 96.7 cm³/mol. The summed E-state index contributed by atoms with van der Waals surface area (Å²) < 4.78 is 11.4. The smallest absolute Gasteiger partial charge is 0.121 e. The van der Waals surface area contributed by atoms with Gasteiger partial charge in [0, 0.05) is 18.3 Å². The van der Waals surface area contributed by atoms with E-state index in [0.717, 1.165) is 36.8 Å². The van der Waals surface area contributed by atoms with Gasteiger partial charge in [-0.1, -0.05) is 39.0 Å². The van der Waals surface area contributed by atoms with E-state index in [9.17, 15) is 0 Å². The summed E-state index contributed by atoms with van der Waals surface area (Å²) in [5.41, 5.74) is 2.39. The van der Waals surface area contributed by atoms with Crippen molar-refractivity contribution in [3.05, 3.63) is 54.1 Å². The van der Waals surface area contributed by atoms with Crippen molar-refractivity contribution in [2.45, 2.75) is 33.1 Å². The summed E-state index contributed by atoms with van der Waals surface area (Å²) in [6.45, 7) is 8.62. The molecular weight excluding hydrogens is 286 g/mol. The van der Waals surface area contributed by atoms with Gasteiger partial charge >= 0.3 is 0 Å². The van der Waals surface area contributed by atoms with Crippen molar-refractivity contribution in [2.75, 3.05) is 25.1 Å². The minimum atomic E-state index is 0.549. The molecule has 0 aromatic heterocycles. The van der Waals surface area contributed by atoms with E-state index in [2.05, 4.69) is 38.2 Å². The van der Waals surface area contributed by atoms with Gasteiger partial charge in [-0.05, 0) is 42.2 Å². The third kappa shape index (κ3) is 5.85. The quantitative estimate of drug-likeness (QED) is 0.654. The minimum absolute atomic E-state index is 0.549. The van der Waals surface area contributed by atoms with Crippen LogP contribution in [0.4, 0.5) is 5.69 Å². The van der Waals surface area contributed by atoms with Crippen molar-refractivity contribution in [2.24, 2.45) is 0 Å². The van der Waals surface area contributed by atoms with Gasteiger partial charge in [0.25, 0.3) is 0 Å². The first-order valence-corrected chi connectivity index (χ1v) is 8.38. The van der Waals surface area contributed by atoms with Crippen LogP contribution in [0, 0.1) is 0 Å². The highest BCUT2D eigenvalue weighted by molar-refractivity contribution is 5.48. The van der Waals surface area contributed by atoms with Gasteiger partial charge in [0.15, 0.2) is 0 Å². The zero-order valence-corrected chi connectivity index (χ0v) is 14.3. The maximum absolute atomic E-state index is 5.76. The van der Waals surface area contributed by atoms with Crippen LogP contribution in [0.1, 0.15) is 38.7 Å². The van der Waals surface area contributed by atoms with Crippen molar-refractivity contribution in [3.8, 4) is 11.5 Å². The average molecular weight is 313 g/mol. The molecule has 0 unspecified atom stereocenters. The van der Waals surface area contributed by atoms with Crippen LogP contribution in [-0.4, -0.2) is 19.8 Å². The van der Waals surface area contributed by atoms with Gasteiger partial charge in [-0.2, -0.15) is 0 Å². The van der Waals surface area contributed by atoms with Crippen molar-refractivity contribution >= 4 is 5.69 Å². The molecule has 1 N–H and O–H groups in total. The number of anilines is 1. The Morgan fingerprint density at radius 2 is 1.65 bits per heavy atom. The molecule has 0 saturated carbocycles. The molecule has 3 heteroatoms. The van der Waals surface area contributed by atoms with Crippen LogP contribution >= 0.6 is 0 Å². The van der Waals surface area contributed by atoms with Gasteiger partial charge < -0.3 is 14.8 Å². The van der Waals surface area contributed by atoms with Crippen LogP contribution in [0.3, 0.4) is 0 Å². The lowest BCUT2D eigenvalue weighted by Crippen LogP contribution is -2.11. The number of hydrogen-bond donors (Lipinski definition) is 1. The van der Waals surface area contributed by atoms with E-state index in [1.54, 1.807) is 0 Å². The lowest BCUT2D eigenvalue weighted by atomic mass is 10.0. The molecular formula is C20H27NO2. The van der Waals surface area contributed by atoms with Crippen molar-refractivity contribution in [1.82, 2.24) is 0 Å². The zero-order valence-electron chi connectivity index (χ0n) is 14.3. The van der Waals surface area contributed by atoms with Crippen LogP contribution < -0.4 is 14.8 Å². The van der Waals surface area contributed by atoms with E-state index in [1.807, 2.05) is 36.4 Å². The van der Waals surface area contributed by atoms with Gasteiger partial charge in [0.05, 0.1) is 6.61 Å². The van der Waals surface area contributed by atoms with Gasteiger partial charge in [-0.25, -0.2) is 0 Å². The number of benzene rings is 2. The summed E-state index contributed by atoms with van der Waals surface area (Å²) in [5.74, 6) is 2.37. The van der Waals surface area contributed by atoms with E-state index in [1.165, 1.54) is 5.56 Å². The summed E-state index contributed by atoms with van der Waals surface area (Å²) in [5, 5.41) is 3.36. The second kappa shape index (κ2) is 9.09. The fourth-order valence-corrected chi connectivity index (χ4v) is 2.23. The van der Waals surface area contributed by atoms with Crippen LogP contribution in [0.15, 0.2) is 48.5 Å². The summed E-state index contributed by atoms with van der Waals surface area (Å²) in [6.07, 6.45) is 1.01. The van der Waals surface area contributed by atoms with Crippen LogP contribution in [-0.2, 0) is 0 Å². The van der Waals surface area contributed by atoms with Crippen LogP contribution in [0.5, 0.6) is 11.5 Å². The molecule has 0 atom stereocenters. The molecule has 0 fully saturated rings. The highest BCUT2D eigenvalue weighted by Gasteiger charge is 2.00. The lowest BCUT2D eigenvalue weighted by Gasteiger charge is -2.11. The number of rotatable bonds is 9. The second-order valence-corrected chi connectivity index (χ2v) is 5.88. The molecule has 0 amide bonds. The number of nitrogens with one attached hydrogen (secondary N) is 1. The Morgan fingerprint density at radius 3 is 2.35 bits per heavy atom. The second-order valence-electron chi connectivity index (χ2n) is 5.88. The maximum atomic E-state index is 5.76. The molecule has 124 valence electrons. The molecule has 0 bridgehead atoms. The van der Waals surface area contributed by atoms with Crippen molar-refractivity contribution < 1.29 is 9.47 Å². The fraction of sp³-hybridized carbons (Fsp3) is 0.400. The lowest BCUT2D eigenvalue weighted by molar-refractivity contribution is 0.317. The standard InChI is InChI=1S/C20H27NO2/c1-4-13-22-20-7-5-6-18(15-20)21-12-14-23-19-10-8-17(9-11-19)16(2)3/h5-11,15-16,21H,4,12-14H2,1-3H3. The molecule has 0 aliphatic rings. The largest absolute Gasteiger partial charge is 0.494 e. The molecule has 3 nitrogen and oxygen atoms in total. The third-order valence-electron chi connectivity index (χ3n) is 3.55. The highest BCUT2D eigenvalue weighted by Crippen LogP contribution is 2.19. The normalized spacial score (nSPS) is 10.6. The Bertz CT molecular complexity index is 578. The van der Waals surface area contributed by atoms with Gasteiger partial charge in [-0.3, -0.25) is 0 Å². The third-order valence-corrected chi connectivity index (χ3v) is 3.55. The molecule has 0 radical (unpaired) electrons. The van der Waals surface area contributed by atoms with Crippen molar-refractivity contribution in [1.29, 1.82) is 0 Å². The van der Waals surface area contributed by atoms with E-state index in [4.69, 9.17) is 9.47 Å². The monoisotopic (exact) mass is 313 g/mol. The molecule has 0 aliphatic heterocycles. The van der Waals surface area contributed by atoms with Gasteiger partial charge in [0.2, 0.25) is 0 Å². The molecule has 0 saturated heterocycles. The van der Waals surface area contributed by atoms with E-state index < -0.39 is 0 Å². The fourth-order valence-electron chi connectivity index (χ4n) is 2.23. The van der Waals surface area contributed by atoms with Crippen LogP contribution in [0.25, 0.3) is 0 Å². The summed E-state index contributed by atoms with van der Waals surface area (Å²) in [6, 6.07) is 16.4. The van der Waals surface area contributed by atoms with Crippen molar-refractivity contribution in [3.63, 3.8) is 0 Å². The average Bonchev–Trinajstić information content (AvgIpc) is 2.57. The first-order chi connectivity index (χ1) is 11.2. The summed E-state index contributed by atoms with van der Waals surface area (Å²) in [4.78, 5) is 0. The maximum Gasteiger partial charge on any atom is 0.121 e. The molecule has 0 heterocycles. The first-order valence-electron chi connectivity index (χ1n) is 8.38. The molecule has 2 rings (SSSR count). The number of hydrogen-bond acceptors (Lipinski definition) is 3. The predicted octanol–water partition coefficient (Wildman–Crippen LogP) is 5.09. The summed E-state index contributed by atoms with van der Waals surface area (Å²) >= 11 is 0. The number of ether oxygens (including phenoxy) is 2. The van der Waals surface area contributed by atoms with E-state index >= 15 is 0 Å². The molecule has 23 heavy (non-hydrogen) atoms. The Kier molecular flexibility index (Phi) is 6.79. The molecule has 2 aromatic carbocycles. The zero-order chi connectivity index (χ0) is 16.5. The minimum Gasteiger partial charge on any atom is -0.494 e. The van der Waals surface area contributed by atoms with E-state index in [-0.39, 0.29) is 0 Å². The Hall–Kier alpha value is -2.16. The van der Waals surface area contributed by atoms with Gasteiger partial charge in [-0.15, -0.1) is 0 Å². The Labute approximate surface area is 139 Å². The highest BCUT2D eigenvalue weighted by atomic mass is 16.5. The Morgan fingerprint density at radius 1 is 0.913 bits per heavy atom. The molecule has 0 spiro atoms. The molecule has 2 aromatic rings. The van der Waals surface area contributed by atoms with Crippen LogP contribution in [0.2, 0.25) is 0 Å². The van der Waals surface area contributed by atoms with Gasteiger partial charge in [0.1, 0.15) is 18.1 Å². The Balaban J connectivity index is 1.74. The summed E-state index contributed by atoms with van der Waals surface area (Å²) in [7, 11) is 0. The van der Waals surface area contributed by atoms with E-state index in [0.29, 0.717) is 12.5 Å². The topological polar surface area (TPSA) is 30.5 Å².